The Morgan fingerprint density at radius 2 is 2.43 bits per heavy atom. The summed E-state index contributed by atoms with van der Waals surface area (Å²) in [7, 11) is 1.36. The molecule has 1 aliphatic heterocycles. The molecule has 0 aromatic carbocycles. The third-order valence-corrected chi connectivity index (χ3v) is 2.61. The van der Waals surface area contributed by atoms with Gasteiger partial charge in [-0.25, -0.2) is 0 Å². The third-order valence-electron chi connectivity index (χ3n) is 2.61. The summed E-state index contributed by atoms with van der Waals surface area (Å²) in [6.45, 7) is 2.40. The number of methoxy groups -OCH3 is 1. The molecular weight excluding hydrogens is 184 g/mol. The Kier molecular flexibility index (Phi) is 3.92. The van der Waals surface area contributed by atoms with Gasteiger partial charge in [0.05, 0.1) is 19.6 Å². The monoisotopic (exact) mass is 200 g/mol. The van der Waals surface area contributed by atoms with Crippen molar-refractivity contribution < 1.29 is 19.1 Å². The zero-order valence-electron chi connectivity index (χ0n) is 8.62. The maximum Gasteiger partial charge on any atom is 0.309 e. The molecule has 0 aliphatic carbocycles. The van der Waals surface area contributed by atoms with Crippen LogP contribution < -0.4 is 0 Å². The zero-order chi connectivity index (χ0) is 10.6. The average Bonchev–Trinajstić information content (AvgIpc) is 2.18. The Morgan fingerprint density at radius 1 is 1.71 bits per heavy atom. The van der Waals surface area contributed by atoms with Crippen LogP contribution in [0.15, 0.2) is 0 Å². The molecular formula is C10H16O4. The number of hydrogen-bond donors (Lipinski definition) is 0. The van der Waals surface area contributed by atoms with Crippen molar-refractivity contribution in [2.75, 3.05) is 13.7 Å². The van der Waals surface area contributed by atoms with Gasteiger partial charge in [0.2, 0.25) is 0 Å². The van der Waals surface area contributed by atoms with Crippen LogP contribution in [-0.4, -0.2) is 25.7 Å². The van der Waals surface area contributed by atoms with E-state index in [-0.39, 0.29) is 30.2 Å². The van der Waals surface area contributed by atoms with Gasteiger partial charge in [-0.1, -0.05) is 6.92 Å². The smallest absolute Gasteiger partial charge is 0.309 e. The highest BCUT2D eigenvalue weighted by atomic mass is 16.5. The summed E-state index contributed by atoms with van der Waals surface area (Å²) < 4.78 is 9.49. The first-order valence-corrected chi connectivity index (χ1v) is 4.88. The van der Waals surface area contributed by atoms with Crippen LogP contribution in [0.2, 0.25) is 0 Å². The predicted molar refractivity (Wildman–Crippen MR) is 49.5 cm³/mol. The van der Waals surface area contributed by atoms with Gasteiger partial charge in [-0.15, -0.1) is 0 Å². The molecule has 0 aromatic rings. The number of esters is 2. The van der Waals surface area contributed by atoms with Gasteiger partial charge in [-0.2, -0.15) is 0 Å². The molecule has 0 amide bonds. The number of carbonyl (C=O) groups is 2. The molecule has 0 radical (unpaired) electrons. The van der Waals surface area contributed by atoms with Gasteiger partial charge in [0.25, 0.3) is 0 Å². The lowest BCUT2D eigenvalue weighted by Crippen LogP contribution is -2.30. The van der Waals surface area contributed by atoms with Crippen molar-refractivity contribution >= 4 is 11.9 Å². The first-order chi connectivity index (χ1) is 6.65. The number of ether oxygens (including phenoxy) is 2. The summed E-state index contributed by atoms with van der Waals surface area (Å²) >= 11 is 0. The van der Waals surface area contributed by atoms with E-state index >= 15 is 0 Å². The highest BCUT2D eigenvalue weighted by molar-refractivity contribution is 5.75. The molecule has 0 aromatic heterocycles. The Labute approximate surface area is 83.6 Å². The molecule has 1 rings (SSSR count). The van der Waals surface area contributed by atoms with Gasteiger partial charge in [-0.05, 0) is 18.8 Å². The Bertz CT molecular complexity index is 224. The summed E-state index contributed by atoms with van der Waals surface area (Å²) in [6.07, 6.45) is 2.00. The van der Waals surface area contributed by atoms with Crippen LogP contribution in [0.4, 0.5) is 0 Å². The maximum atomic E-state index is 11.3. The summed E-state index contributed by atoms with van der Waals surface area (Å²) in [6, 6.07) is 0. The van der Waals surface area contributed by atoms with E-state index in [1.54, 1.807) is 0 Å². The van der Waals surface area contributed by atoms with Gasteiger partial charge >= 0.3 is 11.9 Å². The van der Waals surface area contributed by atoms with E-state index in [9.17, 15) is 9.59 Å². The van der Waals surface area contributed by atoms with E-state index in [4.69, 9.17) is 4.74 Å². The first kappa shape index (κ1) is 11.0. The highest BCUT2D eigenvalue weighted by Crippen LogP contribution is 2.25. The van der Waals surface area contributed by atoms with E-state index in [0.717, 1.165) is 12.8 Å². The number of carbonyl (C=O) groups excluding carboxylic acids is 2. The quantitative estimate of drug-likeness (QED) is 0.641. The molecule has 1 fully saturated rings. The van der Waals surface area contributed by atoms with Crippen LogP contribution in [0.5, 0.6) is 0 Å². The lowest BCUT2D eigenvalue weighted by Gasteiger charge is -2.25. The summed E-state index contributed by atoms with van der Waals surface area (Å²) in [5.41, 5.74) is 0. The lowest BCUT2D eigenvalue weighted by molar-refractivity contribution is -0.156. The SMILES string of the molecule is COC(=O)C[C@H](C)[C@@H]1CCCOC1=O. The van der Waals surface area contributed by atoms with Crippen LogP contribution in [-0.2, 0) is 19.1 Å². The van der Waals surface area contributed by atoms with E-state index in [2.05, 4.69) is 4.74 Å². The molecule has 1 saturated heterocycles. The third kappa shape index (κ3) is 2.72. The van der Waals surface area contributed by atoms with E-state index < -0.39 is 0 Å². The van der Waals surface area contributed by atoms with E-state index in [1.807, 2.05) is 6.92 Å². The van der Waals surface area contributed by atoms with Crippen LogP contribution in [0, 0.1) is 11.8 Å². The Balaban J connectivity index is 2.45. The van der Waals surface area contributed by atoms with Crippen molar-refractivity contribution in [3.05, 3.63) is 0 Å². The van der Waals surface area contributed by atoms with Gasteiger partial charge in [0.1, 0.15) is 0 Å². The Hall–Kier alpha value is -1.06. The fraction of sp³-hybridized carbons (Fsp3) is 0.800. The molecule has 14 heavy (non-hydrogen) atoms. The Morgan fingerprint density at radius 3 is 3.00 bits per heavy atom. The first-order valence-electron chi connectivity index (χ1n) is 4.88. The van der Waals surface area contributed by atoms with Gasteiger partial charge in [0, 0.05) is 6.42 Å². The minimum atomic E-state index is -0.268. The second-order valence-electron chi connectivity index (χ2n) is 3.67. The maximum absolute atomic E-state index is 11.3. The molecule has 2 atom stereocenters. The normalized spacial score (nSPS) is 23.9. The van der Waals surface area contributed by atoms with Crippen molar-refractivity contribution in [2.45, 2.75) is 26.2 Å². The molecule has 4 nitrogen and oxygen atoms in total. The fourth-order valence-corrected chi connectivity index (χ4v) is 1.71. The van der Waals surface area contributed by atoms with Gasteiger partial charge in [0.15, 0.2) is 0 Å². The lowest BCUT2D eigenvalue weighted by atomic mass is 9.86. The van der Waals surface area contributed by atoms with E-state index in [0.29, 0.717) is 6.61 Å². The van der Waals surface area contributed by atoms with Crippen molar-refractivity contribution in [3.63, 3.8) is 0 Å². The minimum absolute atomic E-state index is 0.00949. The minimum Gasteiger partial charge on any atom is -0.469 e. The molecule has 0 saturated carbocycles. The fourth-order valence-electron chi connectivity index (χ4n) is 1.71. The van der Waals surface area contributed by atoms with E-state index in [1.165, 1.54) is 7.11 Å². The topological polar surface area (TPSA) is 52.6 Å². The molecule has 0 N–H and O–H groups in total. The van der Waals surface area contributed by atoms with Gasteiger partial charge in [-0.3, -0.25) is 9.59 Å². The molecule has 0 bridgehead atoms. The second kappa shape index (κ2) is 4.98. The van der Waals surface area contributed by atoms with Gasteiger partial charge < -0.3 is 9.47 Å². The van der Waals surface area contributed by atoms with Crippen LogP contribution in [0.1, 0.15) is 26.2 Å². The molecule has 80 valence electrons. The largest absolute Gasteiger partial charge is 0.469 e. The second-order valence-corrected chi connectivity index (χ2v) is 3.67. The van der Waals surface area contributed by atoms with Crippen molar-refractivity contribution in [1.82, 2.24) is 0 Å². The summed E-state index contributed by atoms with van der Waals surface area (Å²) in [5.74, 6) is -0.568. The molecule has 4 heteroatoms. The molecule has 1 heterocycles. The zero-order valence-corrected chi connectivity index (χ0v) is 8.62. The van der Waals surface area contributed by atoms with Crippen LogP contribution >= 0.6 is 0 Å². The average molecular weight is 200 g/mol. The van der Waals surface area contributed by atoms with Crippen molar-refractivity contribution in [3.8, 4) is 0 Å². The summed E-state index contributed by atoms with van der Waals surface area (Å²) in [5, 5.41) is 0. The molecule has 0 unspecified atom stereocenters. The molecule has 1 aliphatic rings. The number of cyclic esters (lactones) is 1. The van der Waals surface area contributed by atoms with Crippen LogP contribution in [0.3, 0.4) is 0 Å². The number of hydrogen-bond acceptors (Lipinski definition) is 4. The molecule has 0 spiro atoms. The highest BCUT2D eigenvalue weighted by Gasteiger charge is 2.30. The predicted octanol–water partition coefficient (Wildman–Crippen LogP) is 1.14. The van der Waals surface area contributed by atoms with Crippen LogP contribution in [0.25, 0.3) is 0 Å². The van der Waals surface area contributed by atoms with Crippen molar-refractivity contribution in [1.29, 1.82) is 0 Å². The van der Waals surface area contributed by atoms with Crippen molar-refractivity contribution in [2.24, 2.45) is 11.8 Å². The standard InChI is InChI=1S/C10H16O4/c1-7(6-9(11)13-2)8-4-3-5-14-10(8)12/h7-8H,3-6H2,1-2H3/t7-,8-/m0/s1. The summed E-state index contributed by atoms with van der Waals surface area (Å²) in [4.78, 5) is 22.3. The number of rotatable bonds is 3.